The van der Waals surface area contributed by atoms with E-state index in [0.29, 0.717) is 11.5 Å². The third-order valence-corrected chi connectivity index (χ3v) is 6.08. The van der Waals surface area contributed by atoms with E-state index in [-0.39, 0.29) is 11.0 Å². The number of carbonyl (C=O) groups is 2. The average Bonchev–Trinajstić information content (AvgIpc) is 2.90. The predicted octanol–water partition coefficient (Wildman–Crippen LogP) is 3.49. The molecule has 1 aromatic rings. The van der Waals surface area contributed by atoms with Crippen LogP contribution in [0.15, 0.2) is 30.3 Å². The number of hydrogen-bond donors (Lipinski definition) is 1. The molecule has 122 valence electrons. The summed E-state index contributed by atoms with van der Waals surface area (Å²) in [6.07, 6.45) is 6.89. The van der Waals surface area contributed by atoms with Crippen molar-refractivity contribution in [3.05, 3.63) is 41.7 Å². The predicted molar refractivity (Wildman–Crippen MR) is 87.1 cm³/mol. The molecule has 1 atom stereocenters. The van der Waals surface area contributed by atoms with Crippen molar-refractivity contribution in [2.45, 2.75) is 45.1 Å². The van der Waals surface area contributed by atoms with Crippen molar-refractivity contribution in [3.8, 4) is 0 Å². The van der Waals surface area contributed by atoms with E-state index in [4.69, 9.17) is 0 Å². The van der Waals surface area contributed by atoms with Gasteiger partial charge >= 0.3 is 0 Å². The molecule has 3 nitrogen and oxygen atoms in total. The van der Waals surface area contributed by atoms with Gasteiger partial charge in [0.2, 0.25) is 5.78 Å². The molecule has 1 aromatic carbocycles. The molecule has 2 aliphatic carbocycles. The highest BCUT2D eigenvalue weighted by Gasteiger charge is 2.59. The fourth-order valence-electron chi connectivity index (χ4n) is 4.25. The average molecular weight is 315 g/mol. The molecule has 0 spiro atoms. The van der Waals surface area contributed by atoms with Gasteiger partial charge in [0.25, 0.3) is 5.91 Å². The van der Waals surface area contributed by atoms with Gasteiger partial charge in [-0.1, -0.05) is 25.1 Å². The molecule has 23 heavy (non-hydrogen) atoms. The first-order valence-electron chi connectivity index (χ1n) is 8.15. The molecular formula is C19H22FNO2. The molecule has 2 aliphatic rings. The number of ketones is 1. The Morgan fingerprint density at radius 3 is 2.43 bits per heavy atom. The van der Waals surface area contributed by atoms with E-state index in [0.717, 1.165) is 31.8 Å². The van der Waals surface area contributed by atoms with Crippen molar-refractivity contribution in [2.24, 2.45) is 11.3 Å². The Kier molecular flexibility index (Phi) is 3.86. The SMILES string of the molecule is CC12CCC(CC1)C2(C)NC(=O)C(=O)/C=C/c1ccccc1F. The van der Waals surface area contributed by atoms with Crippen LogP contribution >= 0.6 is 0 Å². The van der Waals surface area contributed by atoms with Gasteiger partial charge in [-0.15, -0.1) is 0 Å². The first kappa shape index (κ1) is 15.9. The van der Waals surface area contributed by atoms with E-state index < -0.39 is 17.5 Å². The lowest BCUT2D eigenvalue weighted by Gasteiger charge is -2.38. The van der Waals surface area contributed by atoms with E-state index >= 15 is 0 Å². The zero-order chi connectivity index (χ0) is 16.7. The number of hydrogen-bond acceptors (Lipinski definition) is 2. The second-order valence-electron chi connectivity index (χ2n) is 7.21. The first-order chi connectivity index (χ1) is 10.9. The van der Waals surface area contributed by atoms with E-state index in [9.17, 15) is 14.0 Å². The van der Waals surface area contributed by atoms with Crippen molar-refractivity contribution in [2.75, 3.05) is 0 Å². The van der Waals surface area contributed by atoms with Gasteiger partial charge in [0, 0.05) is 11.1 Å². The van der Waals surface area contributed by atoms with Gasteiger partial charge in [0.1, 0.15) is 5.82 Å². The minimum Gasteiger partial charge on any atom is -0.343 e. The minimum atomic E-state index is -0.635. The summed E-state index contributed by atoms with van der Waals surface area (Å²) in [5.74, 6) is -1.20. The molecule has 0 aromatic heterocycles. The molecule has 4 heteroatoms. The van der Waals surface area contributed by atoms with Crippen LogP contribution in [0, 0.1) is 17.2 Å². The van der Waals surface area contributed by atoms with Crippen LogP contribution in [0.4, 0.5) is 4.39 Å². The summed E-state index contributed by atoms with van der Waals surface area (Å²) < 4.78 is 13.5. The molecule has 0 saturated heterocycles. The van der Waals surface area contributed by atoms with E-state index in [2.05, 4.69) is 19.2 Å². The summed E-state index contributed by atoms with van der Waals surface area (Å²) in [4.78, 5) is 24.3. The number of halogens is 1. The van der Waals surface area contributed by atoms with Gasteiger partial charge in [0.15, 0.2) is 0 Å². The molecule has 0 aliphatic heterocycles. The standard InChI is InChI=1S/C19H22FNO2/c1-18-11-9-14(10-12-18)19(18,2)21-17(23)16(22)8-7-13-5-3-4-6-15(13)20/h3-8,14H,9-12H2,1-2H3,(H,21,23)/b8-7+. The van der Waals surface area contributed by atoms with Crippen molar-refractivity contribution in [1.29, 1.82) is 0 Å². The fraction of sp³-hybridized carbons (Fsp3) is 0.474. The highest BCUT2D eigenvalue weighted by atomic mass is 19.1. The second kappa shape index (κ2) is 5.59. The highest BCUT2D eigenvalue weighted by Crippen LogP contribution is 2.60. The number of carbonyl (C=O) groups excluding carboxylic acids is 2. The third-order valence-electron chi connectivity index (χ3n) is 6.08. The minimum absolute atomic E-state index is 0.0723. The second-order valence-corrected chi connectivity index (χ2v) is 7.21. The Labute approximate surface area is 136 Å². The Bertz CT molecular complexity index is 674. The van der Waals surface area contributed by atoms with Crippen LogP contribution in [0.25, 0.3) is 6.08 Å². The number of benzene rings is 1. The summed E-state index contributed by atoms with van der Waals surface area (Å²) in [5, 5.41) is 2.97. The Hall–Kier alpha value is -1.97. The van der Waals surface area contributed by atoms with Crippen LogP contribution in [-0.4, -0.2) is 17.2 Å². The van der Waals surface area contributed by atoms with Gasteiger partial charge in [-0.3, -0.25) is 9.59 Å². The highest BCUT2D eigenvalue weighted by molar-refractivity contribution is 6.41. The number of amides is 1. The summed E-state index contributed by atoms with van der Waals surface area (Å²) in [6, 6.07) is 6.16. The molecule has 2 fully saturated rings. The molecule has 3 rings (SSSR count). The van der Waals surface area contributed by atoms with E-state index in [1.807, 2.05) is 0 Å². The van der Waals surface area contributed by atoms with Crippen LogP contribution in [0.1, 0.15) is 45.1 Å². The van der Waals surface area contributed by atoms with Crippen molar-refractivity contribution in [1.82, 2.24) is 5.32 Å². The maximum Gasteiger partial charge on any atom is 0.292 e. The zero-order valence-corrected chi connectivity index (χ0v) is 13.6. The molecule has 2 saturated carbocycles. The lowest BCUT2D eigenvalue weighted by molar-refractivity contribution is -0.137. The largest absolute Gasteiger partial charge is 0.343 e. The number of rotatable bonds is 4. The maximum atomic E-state index is 13.5. The summed E-state index contributed by atoms with van der Waals surface area (Å²) in [7, 11) is 0. The van der Waals surface area contributed by atoms with E-state index in [1.165, 1.54) is 12.1 Å². The van der Waals surface area contributed by atoms with Crippen LogP contribution in [0.2, 0.25) is 0 Å². The van der Waals surface area contributed by atoms with Gasteiger partial charge < -0.3 is 5.32 Å². The molecule has 2 bridgehead atoms. The van der Waals surface area contributed by atoms with Crippen molar-refractivity contribution >= 4 is 17.8 Å². The molecule has 1 unspecified atom stereocenters. The van der Waals surface area contributed by atoms with Crippen LogP contribution in [0.5, 0.6) is 0 Å². The van der Waals surface area contributed by atoms with Gasteiger partial charge in [-0.25, -0.2) is 4.39 Å². The summed E-state index contributed by atoms with van der Waals surface area (Å²) in [5.41, 5.74) is 0.0572. The van der Waals surface area contributed by atoms with Gasteiger partial charge in [0.05, 0.1) is 0 Å². The van der Waals surface area contributed by atoms with Gasteiger partial charge in [-0.05, 0) is 62.2 Å². The quantitative estimate of drug-likeness (QED) is 0.683. The number of nitrogens with one attached hydrogen (secondary N) is 1. The summed E-state index contributed by atoms with van der Waals surface area (Å²) in [6.45, 7) is 4.25. The Morgan fingerprint density at radius 2 is 1.87 bits per heavy atom. The molecule has 1 amide bonds. The van der Waals surface area contributed by atoms with Crippen molar-refractivity contribution < 1.29 is 14.0 Å². The molecule has 0 radical (unpaired) electrons. The number of fused-ring (bicyclic) bond motifs is 2. The third kappa shape index (κ3) is 2.60. The molecule has 0 heterocycles. The normalized spacial score (nSPS) is 32.4. The van der Waals surface area contributed by atoms with E-state index in [1.54, 1.807) is 18.2 Å². The van der Waals surface area contributed by atoms with Crippen molar-refractivity contribution in [3.63, 3.8) is 0 Å². The molecule has 1 N–H and O–H groups in total. The maximum absolute atomic E-state index is 13.5. The Balaban J connectivity index is 1.69. The topological polar surface area (TPSA) is 46.2 Å². The fourth-order valence-corrected chi connectivity index (χ4v) is 4.25. The first-order valence-corrected chi connectivity index (χ1v) is 8.15. The summed E-state index contributed by atoms with van der Waals surface area (Å²) >= 11 is 0. The van der Waals surface area contributed by atoms with Crippen LogP contribution in [0.3, 0.4) is 0 Å². The smallest absolute Gasteiger partial charge is 0.292 e. The molecular weight excluding hydrogens is 293 g/mol. The van der Waals surface area contributed by atoms with Gasteiger partial charge in [-0.2, -0.15) is 0 Å². The lowest BCUT2D eigenvalue weighted by Crippen LogP contribution is -2.55. The Morgan fingerprint density at radius 1 is 1.22 bits per heavy atom. The lowest BCUT2D eigenvalue weighted by atomic mass is 9.76. The van der Waals surface area contributed by atoms with Crippen LogP contribution < -0.4 is 5.32 Å². The zero-order valence-electron chi connectivity index (χ0n) is 13.6. The monoisotopic (exact) mass is 315 g/mol. The van der Waals surface area contributed by atoms with Crippen LogP contribution in [-0.2, 0) is 9.59 Å².